The summed E-state index contributed by atoms with van der Waals surface area (Å²) in [7, 11) is 1.95. The molecule has 1 aliphatic rings. The fraction of sp³-hybridized carbons (Fsp3) is 0.529. The number of nitrogens with zero attached hydrogens (tertiary/aromatic N) is 2. The number of nitrogens with one attached hydrogen (secondary N) is 1. The number of carbonyl (C=O) groups excluding carboxylic acids is 1. The summed E-state index contributed by atoms with van der Waals surface area (Å²) in [6, 6.07) is 7.92. The van der Waals surface area contributed by atoms with Crippen LogP contribution in [0.15, 0.2) is 24.3 Å². The molecule has 0 bridgehead atoms. The zero-order valence-corrected chi connectivity index (χ0v) is 13.5. The number of imidazole rings is 1. The first-order valence-electron chi connectivity index (χ1n) is 8.10. The molecule has 2 heterocycles. The molecule has 1 amide bonds. The van der Waals surface area contributed by atoms with Crippen molar-refractivity contribution in [3.05, 3.63) is 30.1 Å². The Bertz CT molecular complexity index is 662. The molecule has 1 N–H and O–H groups in total. The molecule has 1 aromatic carbocycles. The molecule has 1 fully saturated rings. The van der Waals surface area contributed by atoms with Crippen LogP contribution in [0.5, 0.6) is 0 Å². The zero-order valence-electron chi connectivity index (χ0n) is 13.5. The lowest BCUT2D eigenvalue weighted by Gasteiger charge is -2.22. The van der Waals surface area contributed by atoms with Gasteiger partial charge in [-0.15, -0.1) is 0 Å². The quantitative estimate of drug-likeness (QED) is 0.882. The number of aryl methyl sites for hydroxylation is 1. The van der Waals surface area contributed by atoms with Crippen LogP contribution in [0, 0.1) is 0 Å². The second-order valence-corrected chi connectivity index (χ2v) is 5.86. The Kier molecular flexibility index (Phi) is 5.25. The third kappa shape index (κ3) is 4.09. The van der Waals surface area contributed by atoms with Crippen LogP contribution >= 0.6 is 0 Å². The van der Waals surface area contributed by atoms with E-state index in [2.05, 4.69) is 10.3 Å². The van der Waals surface area contributed by atoms with Crippen molar-refractivity contribution < 1.29 is 14.3 Å². The Morgan fingerprint density at radius 3 is 3.09 bits per heavy atom. The molecule has 23 heavy (non-hydrogen) atoms. The lowest BCUT2D eigenvalue weighted by molar-refractivity contribution is -0.128. The van der Waals surface area contributed by atoms with Crippen molar-refractivity contribution in [2.24, 2.45) is 7.05 Å². The molecular formula is C17H23N3O3. The number of aromatic nitrogens is 2. The van der Waals surface area contributed by atoms with Crippen molar-refractivity contribution >= 4 is 16.9 Å². The zero-order chi connectivity index (χ0) is 16.1. The van der Waals surface area contributed by atoms with Crippen molar-refractivity contribution in [1.82, 2.24) is 14.9 Å². The number of ether oxygens (including phenoxy) is 2. The first kappa shape index (κ1) is 16.0. The van der Waals surface area contributed by atoms with Gasteiger partial charge in [0.2, 0.25) is 5.91 Å². The van der Waals surface area contributed by atoms with Crippen molar-refractivity contribution in [3.8, 4) is 0 Å². The molecule has 1 aliphatic heterocycles. The smallest absolute Gasteiger partial charge is 0.246 e. The SMILES string of the molecule is Cn1c(CNC(=O)COC[C@H]2CCCCO2)nc2ccccc21. The fourth-order valence-electron chi connectivity index (χ4n) is 2.80. The van der Waals surface area contributed by atoms with Gasteiger partial charge in [-0.2, -0.15) is 0 Å². The first-order chi connectivity index (χ1) is 11.2. The molecule has 2 aromatic rings. The third-order valence-electron chi connectivity index (χ3n) is 4.13. The molecule has 1 aromatic heterocycles. The van der Waals surface area contributed by atoms with E-state index in [1.165, 1.54) is 6.42 Å². The summed E-state index contributed by atoms with van der Waals surface area (Å²) in [5, 5.41) is 2.85. The van der Waals surface area contributed by atoms with E-state index in [1.807, 2.05) is 35.9 Å². The number of hydrogen-bond acceptors (Lipinski definition) is 4. The van der Waals surface area contributed by atoms with E-state index in [9.17, 15) is 4.79 Å². The average Bonchev–Trinajstić information content (AvgIpc) is 2.90. The summed E-state index contributed by atoms with van der Waals surface area (Å²) in [6.07, 6.45) is 3.44. The highest BCUT2D eigenvalue weighted by molar-refractivity contribution is 5.78. The minimum atomic E-state index is -0.132. The summed E-state index contributed by atoms with van der Waals surface area (Å²) in [4.78, 5) is 16.4. The Labute approximate surface area is 135 Å². The second kappa shape index (κ2) is 7.57. The lowest BCUT2D eigenvalue weighted by Crippen LogP contribution is -2.31. The van der Waals surface area contributed by atoms with Gasteiger partial charge in [-0.3, -0.25) is 4.79 Å². The van der Waals surface area contributed by atoms with Gasteiger partial charge in [-0.05, 0) is 31.4 Å². The Hall–Kier alpha value is -1.92. The molecule has 0 spiro atoms. The predicted molar refractivity (Wildman–Crippen MR) is 87.0 cm³/mol. The van der Waals surface area contributed by atoms with Gasteiger partial charge in [-0.25, -0.2) is 4.98 Å². The van der Waals surface area contributed by atoms with E-state index in [0.717, 1.165) is 36.3 Å². The van der Waals surface area contributed by atoms with Crippen molar-refractivity contribution in [2.75, 3.05) is 19.8 Å². The molecule has 0 unspecified atom stereocenters. The van der Waals surface area contributed by atoms with Gasteiger partial charge in [0.25, 0.3) is 0 Å². The van der Waals surface area contributed by atoms with Gasteiger partial charge in [0.1, 0.15) is 12.4 Å². The highest BCUT2D eigenvalue weighted by Crippen LogP contribution is 2.14. The van der Waals surface area contributed by atoms with Crippen LogP contribution in [0.3, 0.4) is 0 Å². The summed E-state index contributed by atoms with van der Waals surface area (Å²) in [5.74, 6) is 0.697. The van der Waals surface area contributed by atoms with Gasteiger partial charge in [0, 0.05) is 13.7 Å². The number of carbonyl (C=O) groups is 1. The van der Waals surface area contributed by atoms with Gasteiger partial charge >= 0.3 is 0 Å². The monoisotopic (exact) mass is 317 g/mol. The number of para-hydroxylation sites is 2. The largest absolute Gasteiger partial charge is 0.376 e. The number of hydrogen-bond donors (Lipinski definition) is 1. The second-order valence-electron chi connectivity index (χ2n) is 5.86. The van der Waals surface area contributed by atoms with E-state index < -0.39 is 0 Å². The maximum absolute atomic E-state index is 11.9. The van der Waals surface area contributed by atoms with Gasteiger partial charge in [0.15, 0.2) is 0 Å². The van der Waals surface area contributed by atoms with Crippen LogP contribution in [0.4, 0.5) is 0 Å². The van der Waals surface area contributed by atoms with Crippen LogP contribution in [0.2, 0.25) is 0 Å². The predicted octanol–water partition coefficient (Wildman–Crippen LogP) is 1.78. The van der Waals surface area contributed by atoms with Crippen LogP contribution in [0.1, 0.15) is 25.1 Å². The van der Waals surface area contributed by atoms with Crippen LogP contribution in [-0.4, -0.2) is 41.4 Å². The molecule has 6 nitrogen and oxygen atoms in total. The topological polar surface area (TPSA) is 65.4 Å². The van der Waals surface area contributed by atoms with E-state index in [4.69, 9.17) is 9.47 Å². The summed E-state index contributed by atoms with van der Waals surface area (Å²) >= 11 is 0. The third-order valence-corrected chi connectivity index (χ3v) is 4.13. The number of fused-ring (bicyclic) bond motifs is 1. The number of amides is 1. The van der Waals surface area contributed by atoms with Gasteiger partial charge < -0.3 is 19.4 Å². The maximum Gasteiger partial charge on any atom is 0.246 e. The van der Waals surface area contributed by atoms with Crippen molar-refractivity contribution in [3.63, 3.8) is 0 Å². The molecule has 1 atom stereocenters. The molecule has 6 heteroatoms. The van der Waals surface area contributed by atoms with E-state index in [-0.39, 0.29) is 18.6 Å². The Morgan fingerprint density at radius 2 is 2.30 bits per heavy atom. The molecule has 0 aliphatic carbocycles. The van der Waals surface area contributed by atoms with Gasteiger partial charge in [-0.1, -0.05) is 12.1 Å². The summed E-state index contributed by atoms with van der Waals surface area (Å²) < 4.78 is 13.0. The molecular weight excluding hydrogens is 294 g/mol. The first-order valence-corrected chi connectivity index (χ1v) is 8.10. The van der Waals surface area contributed by atoms with Crippen molar-refractivity contribution in [2.45, 2.75) is 31.9 Å². The van der Waals surface area contributed by atoms with Crippen molar-refractivity contribution in [1.29, 1.82) is 0 Å². The Balaban J connectivity index is 1.43. The Morgan fingerprint density at radius 1 is 1.43 bits per heavy atom. The molecule has 1 saturated heterocycles. The van der Waals surface area contributed by atoms with E-state index >= 15 is 0 Å². The molecule has 124 valence electrons. The summed E-state index contributed by atoms with van der Waals surface area (Å²) in [6.45, 7) is 1.74. The standard InChI is InChI=1S/C17H23N3O3/c1-20-15-8-3-2-7-14(15)19-16(20)10-18-17(21)12-22-11-13-6-4-5-9-23-13/h2-3,7-8,13H,4-6,9-12H2,1H3,(H,18,21)/t13-/m1/s1. The lowest BCUT2D eigenvalue weighted by atomic mass is 10.1. The highest BCUT2D eigenvalue weighted by Gasteiger charge is 2.14. The average molecular weight is 317 g/mol. The minimum Gasteiger partial charge on any atom is -0.376 e. The molecule has 0 radical (unpaired) electrons. The highest BCUT2D eigenvalue weighted by atomic mass is 16.5. The van der Waals surface area contributed by atoms with Gasteiger partial charge in [0.05, 0.1) is 30.3 Å². The molecule has 3 rings (SSSR count). The van der Waals surface area contributed by atoms with Crippen LogP contribution in [-0.2, 0) is 27.9 Å². The number of benzene rings is 1. The maximum atomic E-state index is 11.9. The molecule has 0 saturated carbocycles. The van der Waals surface area contributed by atoms with Crippen LogP contribution in [0.25, 0.3) is 11.0 Å². The fourth-order valence-corrected chi connectivity index (χ4v) is 2.80. The van der Waals surface area contributed by atoms with E-state index in [0.29, 0.717) is 13.2 Å². The van der Waals surface area contributed by atoms with Crippen LogP contribution < -0.4 is 5.32 Å². The van der Waals surface area contributed by atoms with E-state index in [1.54, 1.807) is 0 Å². The normalized spacial score (nSPS) is 18.2. The number of rotatable bonds is 6. The summed E-state index contributed by atoms with van der Waals surface area (Å²) in [5.41, 5.74) is 1.99. The minimum absolute atomic E-state index is 0.0593.